The molecule has 1 aromatic heterocycles. The lowest BCUT2D eigenvalue weighted by Gasteiger charge is -2.33. The zero-order valence-electron chi connectivity index (χ0n) is 12.0. The number of carbonyl (C=O) groups is 1. The number of benzene rings is 1. The van der Waals surface area contributed by atoms with E-state index >= 15 is 0 Å². The van der Waals surface area contributed by atoms with E-state index in [0.717, 1.165) is 18.4 Å². The zero-order valence-corrected chi connectivity index (χ0v) is 12.7. The molecule has 1 fully saturated rings. The molecule has 6 heteroatoms. The smallest absolute Gasteiger partial charge is 0.285 e. The Balaban J connectivity index is 1.69. The molecule has 1 aromatic carbocycles. The van der Waals surface area contributed by atoms with Crippen LogP contribution in [0.25, 0.3) is 0 Å². The molecule has 0 unspecified atom stereocenters. The largest absolute Gasteiger partial charge is 0.369 e. The number of carbonyl (C=O) groups excluding carboxylic acids is 1. The highest BCUT2D eigenvalue weighted by Gasteiger charge is 2.27. The van der Waals surface area contributed by atoms with Crippen LogP contribution in [0.15, 0.2) is 41.3 Å². The number of Topliss-reactive ketones (excluding diaryl/α,β-unsaturated/α-hetero) is 1. The monoisotopic (exact) mass is 317 g/mol. The van der Waals surface area contributed by atoms with Gasteiger partial charge >= 0.3 is 0 Å². The first-order valence-corrected chi connectivity index (χ1v) is 7.62. The van der Waals surface area contributed by atoms with Gasteiger partial charge in [-0.15, -0.1) is 0 Å². The van der Waals surface area contributed by atoms with E-state index < -0.39 is 0 Å². The maximum atomic E-state index is 12.5. The molecule has 5 nitrogen and oxygen atoms in total. The van der Waals surface area contributed by atoms with Gasteiger partial charge in [0.25, 0.3) is 5.56 Å². The van der Waals surface area contributed by atoms with Crippen LogP contribution >= 0.6 is 11.6 Å². The second-order valence-corrected chi connectivity index (χ2v) is 5.77. The first-order valence-electron chi connectivity index (χ1n) is 7.24. The molecule has 0 bridgehead atoms. The molecular weight excluding hydrogens is 302 g/mol. The summed E-state index contributed by atoms with van der Waals surface area (Å²) < 4.78 is 0. The summed E-state index contributed by atoms with van der Waals surface area (Å²) in [6, 6.07) is 9.37. The Morgan fingerprint density at radius 3 is 2.59 bits per heavy atom. The van der Waals surface area contributed by atoms with Gasteiger partial charge in [0.1, 0.15) is 5.02 Å². The van der Waals surface area contributed by atoms with E-state index in [0.29, 0.717) is 18.8 Å². The molecule has 1 aliphatic rings. The number of aromatic amines is 1. The molecule has 0 radical (unpaired) electrons. The number of H-pyrrole nitrogens is 1. The summed E-state index contributed by atoms with van der Waals surface area (Å²) in [6.07, 6.45) is 3.05. The van der Waals surface area contributed by atoms with E-state index in [2.05, 4.69) is 10.2 Å². The molecule has 0 saturated carbocycles. The fourth-order valence-electron chi connectivity index (χ4n) is 2.82. The fourth-order valence-corrected chi connectivity index (χ4v) is 3.03. The third-order valence-corrected chi connectivity index (χ3v) is 4.41. The lowest BCUT2D eigenvalue weighted by Crippen LogP contribution is -2.37. The fraction of sp³-hybridized carbons (Fsp3) is 0.312. The van der Waals surface area contributed by atoms with Crippen LogP contribution in [0, 0.1) is 5.92 Å². The molecular formula is C16H16ClN3O2. The van der Waals surface area contributed by atoms with Gasteiger partial charge < -0.3 is 4.90 Å². The third-order valence-electron chi connectivity index (χ3n) is 4.04. The standard InChI is InChI=1S/C16H16ClN3O2/c17-14-13(10-18-19-16(14)22)20-8-6-12(7-9-20)15(21)11-4-2-1-3-5-11/h1-5,10,12H,6-9H2,(H,19,22). The van der Waals surface area contributed by atoms with E-state index in [4.69, 9.17) is 11.6 Å². The molecule has 1 saturated heterocycles. The second kappa shape index (κ2) is 6.32. The quantitative estimate of drug-likeness (QED) is 0.883. The summed E-state index contributed by atoms with van der Waals surface area (Å²) in [6.45, 7) is 1.38. The van der Waals surface area contributed by atoms with Crippen LogP contribution < -0.4 is 10.5 Å². The third kappa shape index (κ3) is 2.90. The number of halogens is 1. The SMILES string of the molecule is O=C(c1ccccc1)C1CCN(c2cn[nH]c(=O)c2Cl)CC1. The van der Waals surface area contributed by atoms with Gasteiger partial charge in [-0.05, 0) is 12.8 Å². The number of hydrogen-bond donors (Lipinski definition) is 1. The predicted octanol–water partition coefficient (Wildman–Crippen LogP) is 2.52. The summed E-state index contributed by atoms with van der Waals surface area (Å²) in [5, 5.41) is 6.26. The lowest BCUT2D eigenvalue weighted by atomic mass is 9.89. The zero-order chi connectivity index (χ0) is 15.5. The van der Waals surface area contributed by atoms with E-state index in [1.54, 1.807) is 6.20 Å². The number of nitrogens with one attached hydrogen (secondary N) is 1. The first-order chi connectivity index (χ1) is 10.7. The first kappa shape index (κ1) is 14.8. The van der Waals surface area contributed by atoms with Gasteiger partial charge in [0.05, 0.1) is 11.9 Å². The molecule has 0 atom stereocenters. The van der Waals surface area contributed by atoms with Gasteiger partial charge in [-0.3, -0.25) is 9.59 Å². The number of nitrogens with zero attached hydrogens (tertiary/aromatic N) is 2. The summed E-state index contributed by atoms with van der Waals surface area (Å²) in [5.41, 5.74) is 1.01. The Morgan fingerprint density at radius 1 is 1.23 bits per heavy atom. The van der Waals surface area contributed by atoms with Crippen molar-refractivity contribution >= 4 is 23.1 Å². The van der Waals surface area contributed by atoms with Crippen molar-refractivity contribution in [1.29, 1.82) is 0 Å². The van der Waals surface area contributed by atoms with Crippen LogP contribution in [0.3, 0.4) is 0 Å². The molecule has 114 valence electrons. The van der Waals surface area contributed by atoms with Crippen molar-refractivity contribution in [1.82, 2.24) is 10.2 Å². The molecule has 2 heterocycles. The molecule has 1 N–H and O–H groups in total. The van der Waals surface area contributed by atoms with Crippen LogP contribution in [0.1, 0.15) is 23.2 Å². The van der Waals surface area contributed by atoms with Crippen LogP contribution in [-0.2, 0) is 0 Å². The van der Waals surface area contributed by atoms with Gasteiger partial charge in [0.2, 0.25) is 0 Å². The highest BCUT2D eigenvalue weighted by atomic mass is 35.5. The highest BCUT2D eigenvalue weighted by Crippen LogP contribution is 2.28. The highest BCUT2D eigenvalue weighted by molar-refractivity contribution is 6.33. The van der Waals surface area contributed by atoms with E-state index in [9.17, 15) is 9.59 Å². The number of anilines is 1. The van der Waals surface area contributed by atoms with Crippen molar-refractivity contribution in [3.8, 4) is 0 Å². The maximum absolute atomic E-state index is 12.5. The topological polar surface area (TPSA) is 66.1 Å². The molecule has 0 aliphatic carbocycles. The molecule has 3 rings (SSSR count). The summed E-state index contributed by atoms with van der Waals surface area (Å²) in [7, 11) is 0. The summed E-state index contributed by atoms with van der Waals surface area (Å²) in [4.78, 5) is 26.0. The molecule has 1 aliphatic heterocycles. The Hall–Kier alpha value is -2.14. The molecule has 0 amide bonds. The van der Waals surface area contributed by atoms with E-state index in [-0.39, 0.29) is 22.3 Å². The van der Waals surface area contributed by atoms with E-state index in [1.165, 1.54) is 0 Å². The molecule has 22 heavy (non-hydrogen) atoms. The minimum atomic E-state index is -0.387. The average molecular weight is 318 g/mol. The van der Waals surface area contributed by atoms with Crippen LogP contribution in [0.2, 0.25) is 5.02 Å². The summed E-state index contributed by atoms with van der Waals surface area (Å²) >= 11 is 6.03. The summed E-state index contributed by atoms with van der Waals surface area (Å²) in [5.74, 6) is 0.211. The number of ketones is 1. The van der Waals surface area contributed by atoms with Crippen molar-refractivity contribution in [2.45, 2.75) is 12.8 Å². The minimum absolute atomic E-state index is 0.0207. The predicted molar refractivity (Wildman–Crippen MR) is 85.6 cm³/mol. The van der Waals surface area contributed by atoms with Gasteiger partial charge in [-0.2, -0.15) is 5.10 Å². The Labute approximate surface area is 132 Å². The Kier molecular flexibility index (Phi) is 4.24. The number of hydrogen-bond acceptors (Lipinski definition) is 4. The van der Waals surface area contributed by atoms with Crippen molar-refractivity contribution in [3.63, 3.8) is 0 Å². The maximum Gasteiger partial charge on any atom is 0.285 e. The van der Waals surface area contributed by atoms with Crippen molar-refractivity contribution in [2.24, 2.45) is 5.92 Å². The van der Waals surface area contributed by atoms with E-state index in [1.807, 2.05) is 35.2 Å². The van der Waals surface area contributed by atoms with Crippen molar-refractivity contribution in [2.75, 3.05) is 18.0 Å². The second-order valence-electron chi connectivity index (χ2n) is 5.39. The number of rotatable bonds is 3. The normalized spacial score (nSPS) is 15.8. The lowest BCUT2D eigenvalue weighted by molar-refractivity contribution is 0.0900. The molecule has 2 aromatic rings. The average Bonchev–Trinajstić information content (AvgIpc) is 2.58. The van der Waals surface area contributed by atoms with Gasteiger partial charge in [-0.25, -0.2) is 5.10 Å². The van der Waals surface area contributed by atoms with Gasteiger partial charge in [0, 0.05) is 24.6 Å². The van der Waals surface area contributed by atoms with Crippen LogP contribution in [0.4, 0.5) is 5.69 Å². The minimum Gasteiger partial charge on any atom is -0.369 e. The van der Waals surface area contributed by atoms with Gasteiger partial charge in [-0.1, -0.05) is 41.9 Å². The number of aromatic nitrogens is 2. The Morgan fingerprint density at radius 2 is 1.91 bits per heavy atom. The van der Waals surface area contributed by atoms with Crippen molar-refractivity contribution in [3.05, 3.63) is 57.5 Å². The Bertz CT molecular complexity index is 722. The van der Waals surface area contributed by atoms with Crippen LogP contribution in [-0.4, -0.2) is 29.1 Å². The van der Waals surface area contributed by atoms with Crippen LogP contribution in [0.5, 0.6) is 0 Å². The number of piperidine rings is 1. The van der Waals surface area contributed by atoms with Gasteiger partial charge in [0.15, 0.2) is 5.78 Å². The molecule has 0 spiro atoms. The van der Waals surface area contributed by atoms with Crippen molar-refractivity contribution < 1.29 is 4.79 Å².